The Morgan fingerprint density at radius 2 is 2.08 bits per heavy atom. The van der Waals surface area contributed by atoms with Crippen LogP contribution < -0.4 is 19.9 Å². The maximum Gasteiger partial charge on any atom is 0.229 e. The Bertz CT molecular complexity index is 1250. The number of H-pyrrole nitrogens is 1. The Morgan fingerprint density at radius 1 is 1.24 bits per heavy atom. The molecule has 3 heterocycles. The minimum atomic E-state index is 0.0561. The van der Waals surface area contributed by atoms with Crippen molar-refractivity contribution in [1.82, 2.24) is 19.9 Å². The summed E-state index contributed by atoms with van der Waals surface area (Å²) in [5.74, 6) is 1.87. The van der Waals surface area contributed by atoms with Crippen LogP contribution in [-0.2, 0) is 11.2 Å². The Kier molecular flexibility index (Phi) is 7.34. The summed E-state index contributed by atoms with van der Waals surface area (Å²) in [6.07, 6.45) is 12.1. The number of Topliss-reactive ketones (excluding diaryl/α,β-unsaturated/α-hetero) is 1. The van der Waals surface area contributed by atoms with Gasteiger partial charge in [0.15, 0.2) is 11.6 Å². The van der Waals surface area contributed by atoms with Crippen LogP contribution in [0.3, 0.4) is 0 Å². The van der Waals surface area contributed by atoms with Gasteiger partial charge in [-0.05, 0) is 43.9 Å². The molecule has 0 bridgehead atoms. The standard InChI is InChI=1S/C27H33N7O3/c1-33-22-16-29-27(32-26(22)34(13-12-25(33)36)20-7-3-4-8-20)31-21-14-18(10-11-24(21)37-2)23(35)9-5-6-19-15-28-17-30-19/h10-11,14-17,20H,3-9,12-13H2,1-2H3,(H,28,30)(H,29,31,32). The van der Waals surface area contributed by atoms with Crippen LogP contribution in [-0.4, -0.2) is 58.4 Å². The van der Waals surface area contributed by atoms with Crippen LogP contribution in [0.2, 0.25) is 0 Å². The molecule has 1 aliphatic heterocycles. The maximum absolute atomic E-state index is 12.9. The smallest absolute Gasteiger partial charge is 0.229 e. The molecular formula is C27H33N7O3. The van der Waals surface area contributed by atoms with Gasteiger partial charge in [-0.25, -0.2) is 9.97 Å². The third-order valence-corrected chi connectivity index (χ3v) is 7.26. The van der Waals surface area contributed by atoms with Gasteiger partial charge in [0, 0.05) is 49.9 Å². The number of ketones is 1. The molecule has 1 fully saturated rings. The van der Waals surface area contributed by atoms with Crippen LogP contribution in [0.15, 0.2) is 36.9 Å². The number of carbonyl (C=O) groups excluding carboxylic acids is 2. The number of nitrogens with one attached hydrogen (secondary N) is 2. The third kappa shape index (κ3) is 5.42. The molecule has 5 rings (SSSR count). The highest BCUT2D eigenvalue weighted by Crippen LogP contribution is 2.37. The van der Waals surface area contributed by atoms with Gasteiger partial charge in [-0.3, -0.25) is 9.59 Å². The number of rotatable bonds is 9. The number of hydrogen-bond donors (Lipinski definition) is 2. The number of ether oxygens (including phenoxy) is 1. The number of imidazole rings is 1. The van der Waals surface area contributed by atoms with Gasteiger partial charge >= 0.3 is 0 Å². The van der Waals surface area contributed by atoms with Gasteiger partial charge in [0.25, 0.3) is 0 Å². The van der Waals surface area contributed by atoms with Crippen molar-refractivity contribution in [2.75, 3.05) is 35.8 Å². The Balaban J connectivity index is 1.38. The summed E-state index contributed by atoms with van der Waals surface area (Å²) in [7, 11) is 3.37. The first kappa shape index (κ1) is 24.7. The Morgan fingerprint density at radius 3 is 2.84 bits per heavy atom. The first-order valence-corrected chi connectivity index (χ1v) is 12.9. The highest BCUT2D eigenvalue weighted by atomic mass is 16.5. The number of nitrogens with zero attached hydrogens (tertiary/aromatic N) is 5. The number of methoxy groups -OCH3 is 1. The van der Waals surface area contributed by atoms with E-state index < -0.39 is 0 Å². The summed E-state index contributed by atoms with van der Waals surface area (Å²) in [4.78, 5) is 45.9. The van der Waals surface area contributed by atoms with Crippen LogP contribution in [0.4, 0.5) is 23.1 Å². The predicted molar refractivity (Wildman–Crippen MR) is 142 cm³/mol. The molecule has 1 saturated carbocycles. The van der Waals surface area contributed by atoms with E-state index in [0.29, 0.717) is 54.1 Å². The number of aryl methyl sites for hydroxylation is 1. The summed E-state index contributed by atoms with van der Waals surface area (Å²) in [5, 5.41) is 3.26. The molecular weight excluding hydrogens is 470 g/mol. The van der Waals surface area contributed by atoms with E-state index >= 15 is 0 Å². The minimum Gasteiger partial charge on any atom is -0.495 e. The molecule has 0 atom stereocenters. The zero-order chi connectivity index (χ0) is 25.8. The van der Waals surface area contributed by atoms with E-state index in [4.69, 9.17) is 9.72 Å². The van der Waals surface area contributed by atoms with E-state index in [2.05, 4.69) is 25.2 Å². The number of aromatic amines is 1. The number of aromatic nitrogens is 4. The van der Waals surface area contributed by atoms with E-state index in [1.165, 1.54) is 12.8 Å². The zero-order valence-electron chi connectivity index (χ0n) is 21.4. The monoisotopic (exact) mass is 503 g/mol. The topological polar surface area (TPSA) is 116 Å². The molecule has 2 N–H and O–H groups in total. The fourth-order valence-corrected chi connectivity index (χ4v) is 5.17. The molecule has 3 aromatic rings. The van der Waals surface area contributed by atoms with Gasteiger partial charge in [0.05, 0.1) is 25.3 Å². The van der Waals surface area contributed by atoms with Crippen molar-refractivity contribution in [3.8, 4) is 5.75 Å². The summed E-state index contributed by atoms with van der Waals surface area (Å²) in [5.41, 5.74) is 2.95. The van der Waals surface area contributed by atoms with Crippen molar-refractivity contribution in [3.05, 3.63) is 48.2 Å². The van der Waals surface area contributed by atoms with E-state index in [0.717, 1.165) is 37.2 Å². The van der Waals surface area contributed by atoms with Crippen LogP contribution in [0.5, 0.6) is 5.75 Å². The normalized spacial score (nSPS) is 16.0. The molecule has 0 radical (unpaired) electrons. The van der Waals surface area contributed by atoms with Gasteiger partial charge in [-0.15, -0.1) is 0 Å². The predicted octanol–water partition coefficient (Wildman–Crippen LogP) is 4.27. The molecule has 1 aromatic carbocycles. The SMILES string of the molecule is COc1ccc(C(=O)CCCc2cnc[nH]2)cc1Nc1ncc2c(n1)N(C1CCCC1)CCC(=O)N2C. The van der Waals surface area contributed by atoms with Crippen LogP contribution in [0, 0.1) is 0 Å². The van der Waals surface area contributed by atoms with Gasteiger partial charge in [-0.1, -0.05) is 12.8 Å². The van der Waals surface area contributed by atoms with Crippen LogP contribution in [0.25, 0.3) is 0 Å². The molecule has 194 valence electrons. The fourth-order valence-electron chi connectivity index (χ4n) is 5.17. The molecule has 37 heavy (non-hydrogen) atoms. The number of amides is 1. The molecule has 0 unspecified atom stereocenters. The second-order valence-corrected chi connectivity index (χ2v) is 9.63. The molecule has 2 aliphatic rings. The molecule has 0 saturated heterocycles. The van der Waals surface area contributed by atoms with Crippen molar-refractivity contribution in [2.45, 2.75) is 57.4 Å². The second-order valence-electron chi connectivity index (χ2n) is 9.63. The minimum absolute atomic E-state index is 0.0561. The van der Waals surface area contributed by atoms with Crippen LogP contribution in [0.1, 0.15) is 61.0 Å². The lowest BCUT2D eigenvalue weighted by atomic mass is 10.0. The summed E-state index contributed by atoms with van der Waals surface area (Å²) in [6, 6.07) is 5.73. The molecule has 10 heteroatoms. The number of anilines is 4. The van der Waals surface area contributed by atoms with Gasteiger partial charge in [0.1, 0.15) is 11.4 Å². The van der Waals surface area contributed by atoms with Gasteiger partial charge in [-0.2, -0.15) is 4.98 Å². The van der Waals surface area contributed by atoms with Crippen LogP contribution >= 0.6 is 0 Å². The lowest BCUT2D eigenvalue weighted by Gasteiger charge is -2.30. The van der Waals surface area contributed by atoms with E-state index in [1.807, 2.05) is 0 Å². The summed E-state index contributed by atoms with van der Waals surface area (Å²) >= 11 is 0. The van der Waals surface area contributed by atoms with E-state index in [1.54, 1.807) is 56.0 Å². The quantitative estimate of drug-likeness (QED) is 0.416. The first-order valence-electron chi connectivity index (χ1n) is 12.9. The zero-order valence-corrected chi connectivity index (χ0v) is 21.4. The fraction of sp³-hybridized carbons (Fsp3) is 0.444. The number of hydrogen-bond acceptors (Lipinski definition) is 8. The largest absolute Gasteiger partial charge is 0.495 e. The molecule has 1 amide bonds. The van der Waals surface area contributed by atoms with Crippen molar-refractivity contribution < 1.29 is 14.3 Å². The molecule has 0 spiro atoms. The lowest BCUT2D eigenvalue weighted by molar-refractivity contribution is -0.118. The molecule has 1 aliphatic carbocycles. The van der Waals surface area contributed by atoms with E-state index in [9.17, 15) is 9.59 Å². The Hall–Kier alpha value is -3.95. The molecule has 2 aromatic heterocycles. The average Bonchev–Trinajstić information content (AvgIpc) is 3.61. The second kappa shape index (κ2) is 11.0. The van der Waals surface area contributed by atoms with E-state index in [-0.39, 0.29) is 11.7 Å². The summed E-state index contributed by atoms with van der Waals surface area (Å²) < 4.78 is 5.54. The molecule has 10 nitrogen and oxygen atoms in total. The van der Waals surface area contributed by atoms with Crippen molar-refractivity contribution in [2.24, 2.45) is 0 Å². The first-order chi connectivity index (χ1) is 18.0. The highest BCUT2D eigenvalue weighted by molar-refractivity contribution is 5.98. The Labute approximate surface area is 216 Å². The third-order valence-electron chi connectivity index (χ3n) is 7.26. The number of carbonyl (C=O) groups is 2. The highest BCUT2D eigenvalue weighted by Gasteiger charge is 2.31. The maximum atomic E-state index is 12.9. The number of benzene rings is 1. The lowest BCUT2D eigenvalue weighted by Crippen LogP contribution is -2.34. The number of fused-ring (bicyclic) bond motifs is 1. The van der Waals surface area contributed by atoms with Gasteiger partial charge < -0.3 is 24.8 Å². The average molecular weight is 504 g/mol. The van der Waals surface area contributed by atoms with Crippen molar-refractivity contribution >= 4 is 34.8 Å². The van der Waals surface area contributed by atoms with Crippen molar-refractivity contribution in [1.29, 1.82) is 0 Å². The van der Waals surface area contributed by atoms with Gasteiger partial charge in [0.2, 0.25) is 11.9 Å². The van der Waals surface area contributed by atoms with Crippen molar-refractivity contribution in [3.63, 3.8) is 0 Å². The summed E-state index contributed by atoms with van der Waals surface area (Å²) in [6.45, 7) is 0.642.